The Balaban J connectivity index is 2.19. The van der Waals surface area contributed by atoms with Crippen LogP contribution in [0.25, 0.3) is 0 Å². The number of hydrogen-bond acceptors (Lipinski definition) is 2. The molecule has 0 aromatic heterocycles. The van der Waals surface area contributed by atoms with Gasteiger partial charge in [0.15, 0.2) is 0 Å². The van der Waals surface area contributed by atoms with Gasteiger partial charge in [0.05, 0.1) is 16.6 Å². The number of benzene rings is 1. The molecule has 1 aromatic carbocycles. The van der Waals surface area contributed by atoms with E-state index in [1.165, 1.54) is 0 Å². The van der Waals surface area contributed by atoms with Gasteiger partial charge in [0.2, 0.25) is 0 Å². The summed E-state index contributed by atoms with van der Waals surface area (Å²) in [4.78, 5) is 14.1. The number of nitrogens with one attached hydrogen (secondary N) is 1. The lowest BCUT2D eigenvalue weighted by atomic mass is 10.1. The van der Waals surface area contributed by atoms with E-state index in [2.05, 4.69) is 5.32 Å². The van der Waals surface area contributed by atoms with E-state index in [1.54, 1.807) is 12.1 Å². The largest absolute Gasteiger partial charge is 0.333 e. The second-order valence-electron chi connectivity index (χ2n) is 3.88. The lowest BCUT2D eigenvalue weighted by Crippen LogP contribution is -2.58. The number of carbonyl (C=O) groups is 1. The van der Waals surface area contributed by atoms with Crippen LogP contribution < -0.4 is 5.32 Å². The van der Waals surface area contributed by atoms with Crippen LogP contribution in [0.3, 0.4) is 0 Å². The van der Waals surface area contributed by atoms with Gasteiger partial charge in [-0.25, -0.2) is 0 Å². The topological polar surface area (TPSA) is 32.3 Å². The first-order chi connectivity index (χ1) is 7.74. The Morgan fingerprint density at radius 1 is 1.50 bits per heavy atom. The summed E-state index contributed by atoms with van der Waals surface area (Å²) in [5.41, 5.74) is 0.595. The molecule has 0 saturated carbocycles. The third kappa shape index (κ3) is 2.06. The van der Waals surface area contributed by atoms with Gasteiger partial charge in [-0.05, 0) is 19.1 Å². The second-order valence-corrected chi connectivity index (χ2v) is 4.29. The van der Waals surface area contributed by atoms with Gasteiger partial charge in [-0.15, -0.1) is 0 Å². The third-order valence-electron chi connectivity index (χ3n) is 2.91. The van der Waals surface area contributed by atoms with E-state index in [4.69, 9.17) is 11.6 Å². The highest BCUT2D eigenvalue weighted by molar-refractivity contribution is 6.33. The number of rotatable bonds is 3. The van der Waals surface area contributed by atoms with Gasteiger partial charge in [-0.3, -0.25) is 4.79 Å². The van der Waals surface area contributed by atoms with E-state index < -0.39 is 0 Å². The molecule has 0 unspecified atom stereocenters. The molecule has 0 spiro atoms. The molecule has 1 aliphatic heterocycles. The van der Waals surface area contributed by atoms with Crippen LogP contribution in [0, 0.1) is 0 Å². The Bertz CT molecular complexity index is 390. The summed E-state index contributed by atoms with van der Waals surface area (Å²) < 4.78 is 0. The zero-order valence-corrected chi connectivity index (χ0v) is 10.00. The minimum absolute atomic E-state index is 0.0274. The van der Waals surface area contributed by atoms with Crippen molar-refractivity contribution in [2.45, 2.75) is 13.0 Å². The monoisotopic (exact) mass is 238 g/mol. The second kappa shape index (κ2) is 4.85. The molecule has 16 heavy (non-hydrogen) atoms. The molecule has 1 heterocycles. The average Bonchev–Trinajstić information content (AvgIpc) is 2.23. The first-order valence-corrected chi connectivity index (χ1v) is 5.88. The quantitative estimate of drug-likeness (QED) is 0.871. The summed E-state index contributed by atoms with van der Waals surface area (Å²) >= 11 is 6.02. The van der Waals surface area contributed by atoms with Crippen LogP contribution >= 0.6 is 11.6 Å². The van der Waals surface area contributed by atoms with Crippen molar-refractivity contribution in [1.82, 2.24) is 10.2 Å². The molecule has 0 radical (unpaired) electrons. The molecule has 1 aromatic rings. The SMILES string of the molecule is CCN(C(=O)c1ccccc1Cl)C1CNC1. The molecule has 0 atom stereocenters. The molecule has 1 N–H and O–H groups in total. The van der Waals surface area contributed by atoms with Gasteiger partial charge < -0.3 is 10.2 Å². The Hall–Kier alpha value is -1.06. The van der Waals surface area contributed by atoms with Crippen LogP contribution in [-0.4, -0.2) is 36.5 Å². The van der Waals surface area contributed by atoms with Crippen molar-refractivity contribution in [3.8, 4) is 0 Å². The van der Waals surface area contributed by atoms with Crippen LogP contribution in [0.2, 0.25) is 5.02 Å². The lowest BCUT2D eigenvalue weighted by molar-refractivity contribution is 0.0630. The first-order valence-electron chi connectivity index (χ1n) is 5.50. The van der Waals surface area contributed by atoms with Crippen molar-refractivity contribution >= 4 is 17.5 Å². The molecule has 4 heteroatoms. The maximum absolute atomic E-state index is 12.2. The zero-order valence-electron chi connectivity index (χ0n) is 9.24. The molecule has 3 nitrogen and oxygen atoms in total. The van der Waals surface area contributed by atoms with E-state index >= 15 is 0 Å². The summed E-state index contributed by atoms with van der Waals surface area (Å²) in [6.45, 7) is 4.47. The zero-order chi connectivity index (χ0) is 11.5. The normalized spacial score (nSPS) is 15.6. The molecular formula is C12H15ClN2O. The van der Waals surface area contributed by atoms with Gasteiger partial charge in [0, 0.05) is 19.6 Å². The van der Waals surface area contributed by atoms with Crippen LogP contribution in [0.5, 0.6) is 0 Å². The van der Waals surface area contributed by atoms with Crippen LogP contribution in [0.4, 0.5) is 0 Å². The number of likely N-dealkylation sites (N-methyl/N-ethyl adjacent to an activating group) is 1. The predicted molar refractivity (Wildman–Crippen MR) is 64.8 cm³/mol. The average molecular weight is 239 g/mol. The highest BCUT2D eigenvalue weighted by Crippen LogP contribution is 2.19. The fourth-order valence-corrected chi connectivity index (χ4v) is 2.07. The molecule has 1 fully saturated rings. The molecular weight excluding hydrogens is 224 g/mol. The highest BCUT2D eigenvalue weighted by Gasteiger charge is 2.28. The molecule has 1 saturated heterocycles. The Kier molecular flexibility index (Phi) is 3.46. The minimum Gasteiger partial charge on any atom is -0.333 e. The summed E-state index contributed by atoms with van der Waals surface area (Å²) in [7, 11) is 0. The van der Waals surface area contributed by atoms with Crippen LogP contribution in [0.1, 0.15) is 17.3 Å². The molecule has 86 valence electrons. The van der Waals surface area contributed by atoms with Gasteiger partial charge >= 0.3 is 0 Å². The van der Waals surface area contributed by atoms with Gasteiger partial charge in [-0.1, -0.05) is 23.7 Å². The van der Waals surface area contributed by atoms with E-state index in [1.807, 2.05) is 24.0 Å². The van der Waals surface area contributed by atoms with Crippen LogP contribution in [0.15, 0.2) is 24.3 Å². The Morgan fingerprint density at radius 2 is 2.19 bits per heavy atom. The number of nitrogens with zero attached hydrogens (tertiary/aromatic N) is 1. The first kappa shape index (κ1) is 11.4. The van der Waals surface area contributed by atoms with Crippen LogP contribution in [-0.2, 0) is 0 Å². The standard InChI is InChI=1S/C12H15ClN2O/c1-2-15(9-7-14-8-9)12(16)10-5-3-4-6-11(10)13/h3-6,9,14H,2,7-8H2,1H3. The maximum atomic E-state index is 12.2. The predicted octanol–water partition coefficient (Wildman–Crippen LogP) is 1.77. The van der Waals surface area contributed by atoms with E-state index in [-0.39, 0.29) is 5.91 Å². The Morgan fingerprint density at radius 3 is 2.69 bits per heavy atom. The lowest BCUT2D eigenvalue weighted by Gasteiger charge is -2.37. The van der Waals surface area contributed by atoms with E-state index in [9.17, 15) is 4.79 Å². The van der Waals surface area contributed by atoms with Crippen molar-refractivity contribution in [2.24, 2.45) is 0 Å². The number of carbonyl (C=O) groups excluding carboxylic acids is 1. The summed E-state index contributed by atoms with van der Waals surface area (Å²) in [5.74, 6) is 0.0274. The molecule has 0 aliphatic carbocycles. The van der Waals surface area contributed by atoms with Gasteiger partial charge in [0.1, 0.15) is 0 Å². The molecule has 1 amide bonds. The molecule has 1 aliphatic rings. The maximum Gasteiger partial charge on any atom is 0.255 e. The smallest absolute Gasteiger partial charge is 0.255 e. The van der Waals surface area contributed by atoms with E-state index in [0.29, 0.717) is 16.6 Å². The van der Waals surface area contributed by atoms with Gasteiger partial charge in [-0.2, -0.15) is 0 Å². The van der Waals surface area contributed by atoms with Crippen molar-refractivity contribution in [3.05, 3.63) is 34.9 Å². The van der Waals surface area contributed by atoms with Gasteiger partial charge in [0.25, 0.3) is 5.91 Å². The van der Waals surface area contributed by atoms with Crippen molar-refractivity contribution in [1.29, 1.82) is 0 Å². The summed E-state index contributed by atoms with van der Waals surface area (Å²) in [6, 6.07) is 7.52. The summed E-state index contributed by atoms with van der Waals surface area (Å²) in [5, 5.41) is 3.70. The number of hydrogen-bond donors (Lipinski definition) is 1. The van der Waals surface area contributed by atoms with Crippen molar-refractivity contribution in [2.75, 3.05) is 19.6 Å². The fraction of sp³-hybridized carbons (Fsp3) is 0.417. The minimum atomic E-state index is 0.0274. The molecule has 0 bridgehead atoms. The number of amides is 1. The number of halogens is 1. The highest BCUT2D eigenvalue weighted by atomic mass is 35.5. The molecule has 2 rings (SSSR count). The third-order valence-corrected chi connectivity index (χ3v) is 3.24. The Labute approximate surface area is 100 Å². The summed E-state index contributed by atoms with van der Waals surface area (Å²) in [6.07, 6.45) is 0. The van der Waals surface area contributed by atoms with Crippen molar-refractivity contribution in [3.63, 3.8) is 0 Å². The fourth-order valence-electron chi connectivity index (χ4n) is 1.85. The van der Waals surface area contributed by atoms with E-state index in [0.717, 1.165) is 19.6 Å². The van der Waals surface area contributed by atoms with Crippen molar-refractivity contribution < 1.29 is 4.79 Å².